The summed E-state index contributed by atoms with van der Waals surface area (Å²) in [7, 11) is 0. The smallest absolute Gasteiger partial charge is 0.336 e. The van der Waals surface area contributed by atoms with Crippen molar-refractivity contribution in [3.05, 3.63) is 105 Å². The molecule has 11 nitrogen and oxygen atoms in total. The van der Waals surface area contributed by atoms with Gasteiger partial charge in [0.05, 0.1) is 36.6 Å². The summed E-state index contributed by atoms with van der Waals surface area (Å²) < 4.78 is 18.5. The first-order valence-corrected chi connectivity index (χ1v) is 13.2. The second-order valence-electron chi connectivity index (χ2n) is 9.55. The molecule has 2 heterocycles. The van der Waals surface area contributed by atoms with Crippen molar-refractivity contribution >= 4 is 23.3 Å². The Hall–Kier alpha value is -4.64. The molecule has 214 valence electrons. The van der Waals surface area contributed by atoms with Gasteiger partial charge < -0.3 is 18.8 Å². The highest BCUT2D eigenvalue weighted by atomic mass is 16.6. The molecule has 1 aromatic heterocycles. The van der Waals surface area contributed by atoms with Gasteiger partial charge in [-0.2, -0.15) is 0 Å². The van der Waals surface area contributed by atoms with Crippen LogP contribution in [0.25, 0.3) is 0 Å². The van der Waals surface area contributed by atoms with Gasteiger partial charge in [-0.05, 0) is 37.5 Å². The molecule has 2 unspecified atom stereocenters. The number of nitro benzene ring substituents is 1. The maximum Gasteiger partial charge on any atom is 0.336 e. The summed E-state index contributed by atoms with van der Waals surface area (Å²) in [5.41, 5.74) is 3.36. The number of benzene rings is 2. The van der Waals surface area contributed by atoms with Crippen molar-refractivity contribution in [2.45, 2.75) is 39.8 Å². The number of allylic oxidation sites excluding steroid dienone is 1. The van der Waals surface area contributed by atoms with Crippen LogP contribution in [0.15, 0.2) is 83.5 Å². The van der Waals surface area contributed by atoms with Crippen LogP contribution >= 0.6 is 0 Å². The summed E-state index contributed by atoms with van der Waals surface area (Å²) in [6.07, 6.45) is 5.40. The zero-order valence-corrected chi connectivity index (χ0v) is 23.2. The minimum absolute atomic E-state index is 0.0250. The molecule has 2 aromatic carbocycles. The van der Waals surface area contributed by atoms with Crippen LogP contribution in [0.4, 0.5) is 5.69 Å². The van der Waals surface area contributed by atoms with Gasteiger partial charge in [-0.3, -0.25) is 19.9 Å². The van der Waals surface area contributed by atoms with Gasteiger partial charge in [0.1, 0.15) is 12.5 Å². The SMILES string of the molecule is CCOC(=O)C1C(C)=NC(C)=C(C(=O)OCCOCc2ccc(Cn3ccnc3)cc2)C1c1cccc([N+](=O)[O-])c1. The van der Waals surface area contributed by atoms with Crippen molar-refractivity contribution in [1.29, 1.82) is 0 Å². The van der Waals surface area contributed by atoms with E-state index in [0.29, 0.717) is 23.6 Å². The highest BCUT2D eigenvalue weighted by Crippen LogP contribution is 2.41. The van der Waals surface area contributed by atoms with Crippen LogP contribution in [0.2, 0.25) is 0 Å². The van der Waals surface area contributed by atoms with Crippen molar-refractivity contribution in [3.8, 4) is 0 Å². The van der Waals surface area contributed by atoms with Crippen LogP contribution in [0.3, 0.4) is 0 Å². The Kier molecular flexibility index (Phi) is 9.75. The molecule has 4 rings (SSSR count). The number of hydrogen-bond acceptors (Lipinski definition) is 9. The van der Waals surface area contributed by atoms with Crippen LogP contribution in [-0.2, 0) is 37.0 Å². The molecule has 1 aliphatic heterocycles. The van der Waals surface area contributed by atoms with Crippen LogP contribution < -0.4 is 0 Å². The lowest BCUT2D eigenvalue weighted by Gasteiger charge is -2.31. The van der Waals surface area contributed by atoms with Crippen LogP contribution in [-0.4, -0.2) is 51.9 Å². The van der Waals surface area contributed by atoms with Gasteiger partial charge in [-0.25, -0.2) is 9.78 Å². The van der Waals surface area contributed by atoms with E-state index in [0.717, 1.165) is 17.7 Å². The predicted octanol–water partition coefficient (Wildman–Crippen LogP) is 4.61. The fourth-order valence-electron chi connectivity index (χ4n) is 4.82. The van der Waals surface area contributed by atoms with Crippen LogP contribution in [0, 0.1) is 16.0 Å². The van der Waals surface area contributed by atoms with Crippen molar-refractivity contribution < 1.29 is 28.7 Å². The molecule has 0 saturated carbocycles. The Morgan fingerprint density at radius 3 is 2.49 bits per heavy atom. The largest absolute Gasteiger partial charge is 0.465 e. The Labute approximate surface area is 237 Å². The molecular weight excluding hydrogens is 528 g/mol. The molecule has 11 heteroatoms. The molecule has 0 fully saturated rings. The maximum absolute atomic E-state index is 13.3. The fourth-order valence-corrected chi connectivity index (χ4v) is 4.82. The quantitative estimate of drug-likeness (QED) is 0.136. The molecule has 2 atom stereocenters. The van der Waals surface area contributed by atoms with E-state index in [9.17, 15) is 19.7 Å². The third kappa shape index (κ3) is 7.31. The molecule has 0 spiro atoms. The van der Waals surface area contributed by atoms with E-state index in [4.69, 9.17) is 14.2 Å². The maximum atomic E-state index is 13.3. The Bertz CT molecular complexity index is 1450. The number of nitro groups is 1. The van der Waals surface area contributed by atoms with Crippen molar-refractivity contribution in [3.63, 3.8) is 0 Å². The molecular formula is C30H32N4O7. The lowest BCUT2D eigenvalue weighted by atomic mass is 9.75. The minimum Gasteiger partial charge on any atom is -0.465 e. The van der Waals surface area contributed by atoms with Crippen LogP contribution in [0.1, 0.15) is 43.4 Å². The number of rotatable bonds is 12. The van der Waals surface area contributed by atoms with Gasteiger partial charge in [0.15, 0.2) is 0 Å². The van der Waals surface area contributed by atoms with E-state index < -0.39 is 28.7 Å². The second kappa shape index (κ2) is 13.6. The lowest BCUT2D eigenvalue weighted by molar-refractivity contribution is -0.384. The van der Waals surface area contributed by atoms with E-state index in [-0.39, 0.29) is 31.1 Å². The third-order valence-corrected chi connectivity index (χ3v) is 6.71. The van der Waals surface area contributed by atoms with Gasteiger partial charge >= 0.3 is 11.9 Å². The van der Waals surface area contributed by atoms with E-state index in [1.54, 1.807) is 39.4 Å². The summed E-state index contributed by atoms with van der Waals surface area (Å²) >= 11 is 0. The Balaban J connectivity index is 1.41. The third-order valence-electron chi connectivity index (χ3n) is 6.71. The van der Waals surface area contributed by atoms with Gasteiger partial charge in [0, 0.05) is 48.4 Å². The minimum atomic E-state index is -0.934. The number of aromatic nitrogens is 2. The molecule has 0 aliphatic carbocycles. The molecule has 3 aromatic rings. The van der Waals surface area contributed by atoms with Crippen molar-refractivity contribution in [2.75, 3.05) is 19.8 Å². The van der Waals surface area contributed by atoms with Crippen molar-refractivity contribution in [2.24, 2.45) is 10.9 Å². The lowest BCUT2D eigenvalue weighted by Crippen LogP contribution is -2.36. The van der Waals surface area contributed by atoms with Gasteiger partial charge in [-0.1, -0.05) is 36.4 Å². The van der Waals surface area contributed by atoms with Gasteiger partial charge in [0.25, 0.3) is 5.69 Å². The summed E-state index contributed by atoms with van der Waals surface area (Å²) in [5, 5.41) is 11.5. The number of non-ortho nitro benzene ring substituents is 1. The number of aliphatic imine (C=N–C) groups is 1. The molecule has 0 radical (unpaired) electrons. The molecule has 0 N–H and O–H groups in total. The summed E-state index contributed by atoms with van der Waals surface area (Å²) in [5.74, 6) is -3.03. The topological polar surface area (TPSA) is 135 Å². The van der Waals surface area contributed by atoms with Gasteiger partial charge in [-0.15, -0.1) is 0 Å². The summed E-state index contributed by atoms with van der Waals surface area (Å²) in [6, 6.07) is 13.9. The first kappa shape index (κ1) is 29.3. The molecule has 0 amide bonds. The number of nitrogens with zero attached hydrogens (tertiary/aromatic N) is 4. The second-order valence-corrected chi connectivity index (χ2v) is 9.55. The molecule has 0 bridgehead atoms. The highest BCUT2D eigenvalue weighted by molar-refractivity contribution is 6.07. The number of carbonyl (C=O) groups is 2. The molecule has 0 saturated heterocycles. The highest BCUT2D eigenvalue weighted by Gasteiger charge is 2.42. The first-order chi connectivity index (χ1) is 19.8. The Morgan fingerprint density at radius 2 is 1.80 bits per heavy atom. The number of imidazole rings is 1. The zero-order chi connectivity index (χ0) is 29.4. The average molecular weight is 561 g/mol. The van der Waals surface area contributed by atoms with E-state index in [2.05, 4.69) is 9.98 Å². The van der Waals surface area contributed by atoms with E-state index >= 15 is 0 Å². The number of hydrogen-bond donors (Lipinski definition) is 0. The Morgan fingerprint density at radius 1 is 1.05 bits per heavy atom. The molecule has 1 aliphatic rings. The van der Waals surface area contributed by atoms with Crippen LogP contribution in [0.5, 0.6) is 0 Å². The fraction of sp³-hybridized carbons (Fsp3) is 0.333. The zero-order valence-electron chi connectivity index (χ0n) is 23.2. The summed E-state index contributed by atoms with van der Waals surface area (Å²) in [4.78, 5) is 45.7. The average Bonchev–Trinajstić information content (AvgIpc) is 3.46. The predicted molar refractivity (Wildman–Crippen MR) is 150 cm³/mol. The monoisotopic (exact) mass is 560 g/mol. The van der Waals surface area contributed by atoms with E-state index in [1.165, 1.54) is 18.2 Å². The van der Waals surface area contributed by atoms with E-state index in [1.807, 2.05) is 35.0 Å². The standard InChI is InChI=1S/C30H32N4O7/c1-4-40-29(35)26-20(2)32-21(3)27(28(26)24-6-5-7-25(16-24)34(37)38)30(36)41-15-14-39-18-23-10-8-22(9-11-23)17-33-13-12-31-19-33/h5-13,16,19,26,28H,4,14-15,17-18H2,1-3H3. The summed E-state index contributed by atoms with van der Waals surface area (Å²) in [6.45, 7) is 6.34. The molecule has 41 heavy (non-hydrogen) atoms. The number of ether oxygens (including phenoxy) is 3. The van der Waals surface area contributed by atoms with Crippen molar-refractivity contribution in [1.82, 2.24) is 9.55 Å². The number of esters is 2. The normalized spacial score (nSPS) is 16.7. The first-order valence-electron chi connectivity index (χ1n) is 13.2. The number of carbonyl (C=O) groups excluding carboxylic acids is 2. The van der Waals surface area contributed by atoms with Gasteiger partial charge in [0.2, 0.25) is 0 Å².